The van der Waals surface area contributed by atoms with Crippen molar-refractivity contribution in [1.29, 1.82) is 0 Å². The second-order valence-electron chi connectivity index (χ2n) is 5.31. The van der Waals surface area contributed by atoms with Gasteiger partial charge in [0.05, 0.1) is 19.2 Å². The van der Waals surface area contributed by atoms with Crippen LogP contribution in [0, 0.1) is 5.41 Å². The Labute approximate surface area is 91.2 Å². The van der Waals surface area contributed by atoms with E-state index in [2.05, 4.69) is 18.7 Å². The summed E-state index contributed by atoms with van der Waals surface area (Å²) in [7, 11) is 3.36. The molecule has 0 aromatic heterocycles. The van der Waals surface area contributed by atoms with Gasteiger partial charge in [-0.3, -0.25) is 4.90 Å². The predicted octanol–water partition coefficient (Wildman–Crippen LogP) is 0.450. The molecule has 4 heteroatoms. The first kappa shape index (κ1) is 11.3. The van der Waals surface area contributed by atoms with Crippen LogP contribution in [0.3, 0.4) is 0 Å². The van der Waals surface area contributed by atoms with Gasteiger partial charge in [-0.05, 0) is 6.42 Å². The maximum atomic E-state index is 9.67. The lowest BCUT2D eigenvalue weighted by Crippen LogP contribution is -2.73. The Morgan fingerprint density at radius 3 is 2.07 bits per heavy atom. The molecule has 0 aromatic rings. The van der Waals surface area contributed by atoms with Gasteiger partial charge in [-0.15, -0.1) is 0 Å². The summed E-state index contributed by atoms with van der Waals surface area (Å²) in [6, 6.07) is 0.464. The van der Waals surface area contributed by atoms with Crippen molar-refractivity contribution in [2.45, 2.75) is 38.2 Å². The van der Waals surface area contributed by atoms with Crippen LogP contribution in [-0.2, 0) is 9.47 Å². The molecule has 1 saturated carbocycles. The van der Waals surface area contributed by atoms with Crippen LogP contribution in [-0.4, -0.2) is 55.2 Å². The van der Waals surface area contributed by atoms with Crippen molar-refractivity contribution >= 4 is 0 Å². The smallest absolute Gasteiger partial charge is 0.193 e. The SMILES string of the molecule is COC1(OC)CN(C2CC(O)C2(C)C)C1. The van der Waals surface area contributed by atoms with Gasteiger partial charge in [0.15, 0.2) is 5.79 Å². The zero-order valence-corrected chi connectivity index (χ0v) is 9.99. The minimum absolute atomic E-state index is 0.00758. The van der Waals surface area contributed by atoms with Crippen molar-refractivity contribution < 1.29 is 14.6 Å². The van der Waals surface area contributed by atoms with Gasteiger partial charge in [0.25, 0.3) is 0 Å². The fraction of sp³-hybridized carbons (Fsp3) is 1.00. The van der Waals surface area contributed by atoms with Gasteiger partial charge >= 0.3 is 0 Å². The fourth-order valence-electron chi connectivity index (χ4n) is 2.63. The second kappa shape index (κ2) is 3.42. The van der Waals surface area contributed by atoms with Gasteiger partial charge < -0.3 is 14.6 Å². The van der Waals surface area contributed by atoms with Crippen molar-refractivity contribution in [3.05, 3.63) is 0 Å². The van der Waals surface area contributed by atoms with Crippen LogP contribution < -0.4 is 0 Å². The first-order chi connectivity index (χ1) is 6.95. The van der Waals surface area contributed by atoms with Crippen molar-refractivity contribution in [1.82, 2.24) is 4.90 Å². The van der Waals surface area contributed by atoms with Crippen LogP contribution in [0.2, 0.25) is 0 Å². The monoisotopic (exact) mass is 215 g/mol. The highest BCUT2D eigenvalue weighted by Crippen LogP contribution is 2.46. The predicted molar refractivity (Wildman–Crippen MR) is 56.5 cm³/mol. The van der Waals surface area contributed by atoms with E-state index in [4.69, 9.17) is 9.47 Å². The number of hydrogen-bond donors (Lipinski definition) is 1. The topological polar surface area (TPSA) is 41.9 Å². The molecule has 2 unspecified atom stereocenters. The van der Waals surface area contributed by atoms with Crippen LogP contribution in [0.25, 0.3) is 0 Å². The quantitative estimate of drug-likeness (QED) is 0.694. The van der Waals surface area contributed by atoms with Crippen LogP contribution in [0.15, 0.2) is 0 Å². The number of ether oxygens (including phenoxy) is 2. The summed E-state index contributed by atoms with van der Waals surface area (Å²) in [5.41, 5.74) is 0.00758. The molecule has 0 radical (unpaired) electrons. The third kappa shape index (κ3) is 1.51. The summed E-state index contributed by atoms with van der Waals surface area (Å²) in [5, 5.41) is 9.67. The van der Waals surface area contributed by atoms with Gasteiger partial charge in [-0.2, -0.15) is 0 Å². The molecule has 2 rings (SSSR count). The summed E-state index contributed by atoms with van der Waals surface area (Å²) in [6.07, 6.45) is 0.707. The van der Waals surface area contributed by atoms with Crippen molar-refractivity contribution in [2.24, 2.45) is 5.41 Å². The van der Waals surface area contributed by atoms with E-state index in [1.807, 2.05) is 0 Å². The summed E-state index contributed by atoms with van der Waals surface area (Å²) >= 11 is 0. The molecule has 1 saturated heterocycles. The number of hydrogen-bond acceptors (Lipinski definition) is 4. The molecule has 0 bridgehead atoms. The standard InChI is InChI=1S/C11H21NO3/c1-10(2)8(5-9(10)13)12-6-11(7-12,14-3)15-4/h8-9,13H,5-7H2,1-4H3. The van der Waals surface area contributed by atoms with Crippen LogP contribution in [0.4, 0.5) is 0 Å². The fourth-order valence-corrected chi connectivity index (χ4v) is 2.63. The highest BCUT2D eigenvalue weighted by molar-refractivity contribution is 5.07. The number of methoxy groups -OCH3 is 2. The molecular formula is C11H21NO3. The van der Waals surface area contributed by atoms with Crippen molar-refractivity contribution in [3.8, 4) is 0 Å². The molecule has 0 spiro atoms. The molecule has 4 nitrogen and oxygen atoms in total. The van der Waals surface area contributed by atoms with Crippen LogP contribution >= 0.6 is 0 Å². The average molecular weight is 215 g/mol. The molecule has 2 fully saturated rings. The molecule has 1 heterocycles. The van der Waals surface area contributed by atoms with Gasteiger partial charge in [0.2, 0.25) is 0 Å². The van der Waals surface area contributed by atoms with Crippen LogP contribution in [0.5, 0.6) is 0 Å². The van der Waals surface area contributed by atoms with Crippen molar-refractivity contribution in [3.63, 3.8) is 0 Å². The molecule has 15 heavy (non-hydrogen) atoms. The largest absolute Gasteiger partial charge is 0.392 e. The zero-order chi connectivity index (χ0) is 11.3. The minimum atomic E-state index is -0.406. The van der Waals surface area contributed by atoms with Gasteiger partial charge in [-0.25, -0.2) is 0 Å². The number of aliphatic hydroxyl groups excluding tert-OH is 1. The average Bonchev–Trinajstić information content (AvgIpc) is 2.16. The molecule has 1 aliphatic heterocycles. The lowest BCUT2D eigenvalue weighted by atomic mass is 9.63. The second-order valence-corrected chi connectivity index (χ2v) is 5.31. The third-order valence-electron chi connectivity index (χ3n) is 4.24. The molecule has 1 aliphatic carbocycles. The number of aliphatic hydroxyl groups is 1. The van der Waals surface area contributed by atoms with E-state index in [1.54, 1.807) is 14.2 Å². The first-order valence-corrected chi connectivity index (χ1v) is 5.47. The summed E-state index contributed by atoms with van der Waals surface area (Å²) in [4.78, 5) is 2.33. The van der Waals surface area contributed by atoms with E-state index >= 15 is 0 Å². The van der Waals surface area contributed by atoms with Gasteiger partial charge in [-0.1, -0.05) is 13.8 Å². The normalized spacial score (nSPS) is 38.2. The highest BCUT2D eigenvalue weighted by Gasteiger charge is 2.56. The first-order valence-electron chi connectivity index (χ1n) is 5.47. The Morgan fingerprint density at radius 1 is 1.20 bits per heavy atom. The Bertz CT molecular complexity index is 242. The lowest BCUT2D eigenvalue weighted by Gasteiger charge is -2.60. The van der Waals surface area contributed by atoms with E-state index < -0.39 is 5.79 Å². The van der Waals surface area contributed by atoms with E-state index in [0.717, 1.165) is 19.5 Å². The van der Waals surface area contributed by atoms with Crippen molar-refractivity contribution in [2.75, 3.05) is 27.3 Å². The Hall–Kier alpha value is -0.160. The molecule has 0 amide bonds. The Balaban J connectivity index is 1.91. The van der Waals surface area contributed by atoms with Gasteiger partial charge in [0, 0.05) is 25.7 Å². The lowest BCUT2D eigenvalue weighted by molar-refractivity contribution is -0.301. The van der Waals surface area contributed by atoms with Crippen LogP contribution in [0.1, 0.15) is 20.3 Å². The highest BCUT2D eigenvalue weighted by atomic mass is 16.7. The summed E-state index contributed by atoms with van der Waals surface area (Å²) in [6.45, 7) is 5.85. The summed E-state index contributed by atoms with van der Waals surface area (Å²) in [5.74, 6) is -0.406. The minimum Gasteiger partial charge on any atom is -0.392 e. The molecule has 2 atom stereocenters. The van der Waals surface area contributed by atoms with E-state index in [9.17, 15) is 5.11 Å². The third-order valence-corrected chi connectivity index (χ3v) is 4.24. The summed E-state index contributed by atoms with van der Waals surface area (Å²) < 4.78 is 10.7. The van der Waals surface area contributed by atoms with Gasteiger partial charge in [0.1, 0.15) is 0 Å². The molecule has 2 aliphatic rings. The molecular weight excluding hydrogens is 194 g/mol. The maximum Gasteiger partial charge on any atom is 0.193 e. The number of rotatable bonds is 3. The number of likely N-dealkylation sites (tertiary alicyclic amines) is 1. The van der Waals surface area contributed by atoms with E-state index in [1.165, 1.54) is 0 Å². The molecule has 1 N–H and O–H groups in total. The Kier molecular flexibility index (Phi) is 2.58. The van der Waals surface area contributed by atoms with E-state index in [-0.39, 0.29) is 11.5 Å². The van der Waals surface area contributed by atoms with E-state index in [0.29, 0.717) is 6.04 Å². The molecule has 88 valence electrons. The molecule has 0 aromatic carbocycles. The zero-order valence-electron chi connectivity index (χ0n) is 9.99. The maximum absolute atomic E-state index is 9.67. The Morgan fingerprint density at radius 2 is 1.73 bits per heavy atom. The number of nitrogens with zero attached hydrogens (tertiary/aromatic N) is 1.